The molecule has 4 aromatic carbocycles. The van der Waals surface area contributed by atoms with E-state index < -0.39 is 37.5 Å². The molecule has 0 radical (unpaired) electrons. The number of carbonyl (C=O) groups excluding carboxylic acids is 4. The lowest BCUT2D eigenvalue weighted by Gasteiger charge is -2.42. The van der Waals surface area contributed by atoms with Crippen molar-refractivity contribution in [3.8, 4) is 11.5 Å². The summed E-state index contributed by atoms with van der Waals surface area (Å²) in [7, 11) is -4.61. The molecule has 12 rings (SSSR count). The molecule has 0 bridgehead atoms. The summed E-state index contributed by atoms with van der Waals surface area (Å²) in [5.74, 6) is -0.0155. The smallest absolute Gasteiger partial charge is 0.293 e. The van der Waals surface area contributed by atoms with E-state index in [0.29, 0.717) is 55.6 Å². The van der Waals surface area contributed by atoms with Gasteiger partial charge in [0.15, 0.2) is 0 Å². The number of aromatic nitrogens is 2. The zero-order valence-corrected chi connectivity index (χ0v) is 56.2. The van der Waals surface area contributed by atoms with E-state index in [9.17, 15) is 37.7 Å². The van der Waals surface area contributed by atoms with Crippen molar-refractivity contribution in [2.24, 2.45) is 11.3 Å². The SMILES string of the molecule is CC1(C)CCC(CN2CCN(c3ccc(C(=O)NS(=O)(=O)c4ccc(NCC5CCN(C6CCN(CCCCCCCCSc7cccc8c7CN(C7CCC(=O)NC7=O)C8=O)CC6)CC5)c([N+](=O)[O-])c4)c(Oc4cnc5[nH]ccc5c4)c3)CC2)=C(c2ccc(Cl)cc2)C1. The van der Waals surface area contributed by atoms with Gasteiger partial charge in [-0.05, 0) is 191 Å². The molecule has 1 unspecified atom stereocenters. The molecule has 6 aromatic rings. The molecule has 498 valence electrons. The quantitative estimate of drug-likeness (QED) is 0.0137. The fourth-order valence-corrected chi connectivity index (χ4v) is 16.7. The molecular formula is C71H86ClN11O9S2. The van der Waals surface area contributed by atoms with Gasteiger partial charge in [0.2, 0.25) is 11.8 Å². The first-order valence-corrected chi connectivity index (χ1v) is 36.4. The van der Waals surface area contributed by atoms with Gasteiger partial charge in [-0.3, -0.25) is 39.5 Å². The second kappa shape index (κ2) is 29.7. The molecular weight excluding hydrogens is 1250 g/mol. The van der Waals surface area contributed by atoms with Gasteiger partial charge in [0.1, 0.15) is 28.9 Å². The molecule has 1 aliphatic carbocycles. The third kappa shape index (κ3) is 16.1. The Kier molecular flexibility index (Phi) is 21.1. The minimum Gasteiger partial charge on any atom is -0.455 e. The number of hydrogen-bond acceptors (Lipinski definition) is 16. The summed E-state index contributed by atoms with van der Waals surface area (Å²) in [6.45, 7) is 14.8. The van der Waals surface area contributed by atoms with Crippen LogP contribution in [0.15, 0.2) is 119 Å². The van der Waals surface area contributed by atoms with Crippen LogP contribution >= 0.6 is 23.4 Å². The van der Waals surface area contributed by atoms with Crippen molar-refractivity contribution in [3.05, 3.63) is 146 Å². The Labute approximate surface area is 560 Å². The molecule has 4 N–H and O–H groups in total. The minimum atomic E-state index is -4.61. The number of aromatic amines is 1. The second-order valence-electron chi connectivity index (χ2n) is 27.0. The van der Waals surface area contributed by atoms with Gasteiger partial charge in [-0.15, -0.1) is 11.8 Å². The lowest BCUT2D eigenvalue weighted by atomic mass is 9.72. The maximum Gasteiger partial charge on any atom is 0.293 e. The highest BCUT2D eigenvalue weighted by atomic mass is 35.5. The number of anilines is 2. The van der Waals surface area contributed by atoms with E-state index in [1.54, 1.807) is 47.1 Å². The van der Waals surface area contributed by atoms with Crippen molar-refractivity contribution < 1.29 is 37.3 Å². The monoisotopic (exact) mass is 1340 g/mol. The summed E-state index contributed by atoms with van der Waals surface area (Å²) < 4.78 is 36.7. The zero-order chi connectivity index (χ0) is 65.5. The lowest BCUT2D eigenvalue weighted by molar-refractivity contribution is -0.384. The number of unbranched alkanes of at least 4 members (excludes halogenated alkanes) is 5. The van der Waals surface area contributed by atoms with Crippen molar-refractivity contribution >= 4 is 90.7 Å². The van der Waals surface area contributed by atoms with Crippen molar-refractivity contribution in [2.45, 2.75) is 139 Å². The Morgan fingerprint density at radius 2 is 1.61 bits per heavy atom. The lowest BCUT2D eigenvalue weighted by Crippen LogP contribution is -2.52. The van der Waals surface area contributed by atoms with Crippen LogP contribution in [0.4, 0.5) is 17.1 Å². The van der Waals surface area contributed by atoms with Crippen molar-refractivity contribution in [2.75, 3.05) is 88.0 Å². The molecule has 23 heteroatoms. The van der Waals surface area contributed by atoms with Crippen LogP contribution in [-0.2, 0) is 26.2 Å². The zero-order valence-electron chi connectivity index (χ0n) is 53.8. The largest absolute Gasteiger partial charge is 0.455 e. The summed E-state index contributed by atoms with van der Waals surface area (Å²) in [5, 5.41) is 19.7. The number of ether oxygens (including phenoxy) is 1. The Morgan fingerprint density at radius 3 is 2.37 bits per heavy atom. The number of fused-ring (bicyclic) bond motifs is 2. The number of nitro groups is 1. The van der Waals surface area contributed by atoms with Gasteiger partial charge in [-0.25, -0.2) is 18.1 Å². The van der Waals surface area contributed by atoms with Crippen LogP contribution in [0.25, 0.3) is 16.6 Å². The topological polar surface area (TPSA) is 236 Å². The summed E-state index contributed by atoms with van der Waals surface area (Å²) in [6.07, 6.45) is 18.4. The van der Waals surface area contributed by atoms with E-state index in [4.69, 9.17) is 16.3 Å². The van der Waals surface area contributed by atoms with E-state index in [0.717, 1.165) is 142 Å². The molecule has 5 aliphatic heterocycles. The van der Waals surface area contributed by atoms with Crippen LogP contribution in [0.3, 0.4) is 0 Å². The van der Waals surface area contributed by atoms with Gasteiger partial charge in [-0.1, -0.05) is 74.9 Å². The van der Waals surface area contributed by atoms with E-state index in [2.05, 4.69) is 77.0 Å². The summed E-state index contributed by atoms with van der Waals surface area (Å²) in [6, 6.07) is 26.4. The number of hydrogen-bond donors (Lipinski definition) is 4. The molecule has 20 nitrogen and oxygen atoms in total. The number of halogens is 1. The third-order valence-electron chi connectivity index (χ3n) is 20.0. The number of piperidine rings is 3. The number of nitrogens with zero attached hydrogens (tertiary/aromatic N) is 7. The summed E-state index contributed by atoms with van der Waals surface area (Å²) in [5.41, 5.74) is 7.20. The number of pyridine rings is 1. The number of piperazine rings is 1. The number of benzene rings is 4. The first-order valence-electron chi connectivity index (χ1n) is 33.5. The molecule has 1 atom stereocenters. The molecule has 0 saturated carbocycles. The predicted molar refractivity (Wildman–Crippen MR) is 368 cm³/mol. The van der Waals surface area contributed by atoms with Gasteiger partial charge < -0.3 is 34.6 Å². The maximum atomic E-state index is 14.2. The van der Waals surface area contributed by atoms with E-state index in [1.807, 2.05) is 30.3 Å². The maximum absolute atomic E-state index is 14.2. The number of rotatable bonds is 25. The molecule has 6 aliphatic rings. The van der Waals surface area contributed by atoms with Crippen molar-refractivity contribution in [3.63, 3.8) is 0 Å². The Morgan fingerprint density at radius 1 is 0.840 bits per heavy atom. The summed E-state index contributed by atoms with van der Waals surface area (Å²) >= 11 is 8.07. The number of likely N-dealkylation sites (tertiary alicyclic amines) is 2. The summed E-state index contributed by atoms with van der Waals surface area (Å²) in [4.78, 5) is 83.4. The van der Waals surface area contributed by atoms with Gasteiger partial charge in [0.25, 0.3) is 27.5 Å². The number of amides is 4. The predicted octanol–water partition coefficient (Wildman–Crippen LogP) is 12.3. The number of sulfonamides is 1. The van der Waals surface area contributed by atoms with Crippen LogP contribution in [0.1, 0.15) is 142 Å². The van der Waals surface area contributed by atoms with Gasteiger partial charge >= 0.3 is 0 Å². The van der Waals surface area contributed by atoms with Crippen molar-refractivity contribution in [1.82, 2.24) is 39.6 Å². The highest BCUT2D eigenvalue weighted by Crippen LogP contribution is 2.44. The number of nitrogens with one attached hydrogen (secondary N) is 4. The second-order valence-corrected chi connectivity index (χ2v) is 30.3. The van der Waals surface area contributed by atoms with Gasteiger partial charge in [0, 0.05) is 103 Å². The molecule has 94 heavy (non-hydrogen) atoms. The number of nitro benzene ring substituents is 1. The molecule has 4 fully saturated rings. The van der Waals surface area contributed by atoms with E-state index >= 15 is 0 Å². The van der Waals surface area contributed by atoms with E-state index in [1.165, 1.54) is 67.1 Å². The number of H-pyrrole nitrogens is 1. The average molecular weight is 1340 g/mol. The Bertz CT molecular complexity index is 3910. The highest BCUT2D eigenvalue weighted by molar-refractivity contribution is 7.99. The van der Waals surface area contributed by atoms with Crippen LogP contribution in [0.2, 0.25) is 5.02 Å². The van der Waals surface area contributed by atoms with E-state index in [-0.39, 0.29) is 52.5 Å². The Balaban J connectivity index is 0.577. The van der Waals surface area contributed by atoms with Crippen LogP contribution in [0, 0.1) is 21.4 Å². The van der Waals surface area contributed by atoms with Crippen LogP contribution < -0.4 is 25.0 Å². The molecule has 2 aromatic heterocycles. The first kappa shape index (κ1) is 66.7. The highest BCUT2D eigenvalue weighted by Gasteiger charge is 2.40. The normalized spacial score (nSPS) is 19.6. The van der Waals surface area contributed by atoms with Crippen molar-refractivity contribution in [1.29, 1.82) is 0 Å². The number of thioether (sulfide) groups is 1. The molecule has 4 amide bonds. The van der Waals surface area contributed by atoms with Gasteiger partial charge in [-0.2, -0.15) is 0 Å². The average Bonchev–Trinajstić information content (AvgIpc) is 1.70. The number of carbonyl (C=O) groups is 4. The number of allylic oxidation sites excluding steroid dienone is 1. The molecule has 4 saturated heterocycles. The number of imide groups is 1. The fraction of sp³-hybridized carbons (Fsp3) is 0.479. The van der Waals surface area contributed by atoms with Crippen LogP contribution in [-0.4, -0.2) is 156 Å². The molecule has 0 spiro atoms. The molecule has 7 heterocycles. The van der Waals surface area contributed by atoms with Crippen LogP contribution in [0.5, 0.6) is 11.5 Å². The fourth-order valence-electron chi connectivity index (χ4n) is 14.5. The third-order valence-corrected chi connectivity index (χ3v) is 22.8. The first-order chi connectivity index (χ1) is 45.4. The minimum absolute atomic E-state index is 0.0381. The standard InChI is InChI=1S/C71H86ClN11O9S2/c1-71(2)28-22-51(59(43-71)49-12-14-52(72)15-13-49)46-79-35-37-81(38-36-79)54-16-18-58(64(41-54)92-55-40-50-23-29-73-67(50)75-45-55)68(85)77-94(90,91)56-17-19-61(63(42-56)83(88)89)74-44-48-24-33-80(34-25-48)53-26-31-78(32-27-53)30-7-5-3-4-6-8-39-93-65-11-9-10-57-60(65)47-82(70(57)87)62-20-21-66(84)76-69(62)86/h9-19,23,29,40-42,45,48,53,62,74H,3-8,20-22,24-28,30-39,43-44,46-47H2,1-2H3,(H,73,75)(H,77,85)(H,76,84,86). The Hall–Kier alpha value is -7.34. The van der Waals surface area contributed by atoms with Gasteiger partial charge in [0.05, 0.1) is 21.6 Å².